The molecule has 2 aromatic carbocycles. The summed E-state index contributed by atoms with van der Waals surface area (Å²) in [5.74, 6) is 0.394. The predicted molar refractivity (Wildman–Crippen MR) is 76.3 cm³/mol. The number of hydrogen-bond donors (Lipinski definition) is 2. The Kier molecular flexibility index (Phi) is 5.38. The highest BCUT2D eigenvalue weighted by Crippen LogP contribution is 2.14. The van der Waals surface area contributed by atoms with E-state index in [1.807, 2.05) is 30.3 Å². The van der Waals surface area contributed by atoms with Gasteiger partial charge in [0, 0.05) is 12.6 Å². The average Bonchev–Trinajstić information content (AvgIpc) is 2.43. The van der Waals surface area contributed by atoms with Crippen LogP contribution in [0.5, 0.6) is 11.5 Å². The molecule has 106 valence electrons. The van der Waals surface area contributed by atoms with Gasteiger partial charge < -0.3 is 15.2 Å². The summed E-state index contributed by atoms with van der Waals surface area (Å²) in [7, 11) is 0. The van der Waals surface area contributed by atoms with Crippen molar-refractivity contribution in [3.05, 3.63) is 59.9 Å². The number of ether oxygens (including phenoxy) is 1. The maximum absolute atomic E-state index is 13.0. The Labute approximate surface area is 118 Å². The molecule has 2 aromatic rings. The summed E-state index contributed by atoms with van der Waals surface area (Å²) in [6, 6.07) is 13.7. The zero-order valence-corrected chi connectivity index (χ0v) is 11.2. The second-order valence-electron chi connectivity index (χ2n) is 4.51. The van der Waals surface area contributed by atoms with Gasteiger partial charge >= 0.3 is 0 Å². The van der Waals surface area contributed by atoms with E-state index in [9.17, 15) is 9.50 Å². The lowest BCUT2D eigenvalue weighted by atomic mass is 10.2. The van der Waals surface area contributed by atoms with E-state index in [0.717, 1.165) is 30.3 Å². The second kappa shape index (κ2) is 7.50. The van der Waals surface area contributed by atoms with Crippen molar-refractivity contribution < 1.29 is 14.2 Å². The lowest BCUT2D eigenvalue weighted by Gasteiger charge is -2.07. The number of nitrogens with one attached hydrogen (secondary N) is 1. The van der Waals surface area contributed by atoms with Gasteiger partial charge in [-0.2, -0.15) is 0 Å². The summed E-state index contributed by atoms with van der Waals surface area (Å²) < 4.78 is 18.6. The van der Waals surface area contributed by atoms with Crippen LogP contribution in [0.4, 0.5) is 4.39 Å². The van der Waals surface area contributed by atoms with Crippen LogP contribution in [-0.4, -0.2) is 18.3 Å². The Morgan fingerprint density at radius 2 is 1.90 bits per heavy atom. The van der Waals surface area contributed by atoms with E-state index in [4.69, 9.17) is 4.74 Å². The van der Waals surface area contributed by atoms with E-state index in [2.05, 4.69) is 5.32 Å². The smallest absolute Gasteiger partial charge is 0.127 e. The molecular formula is C16H18FNO2. The first-order valence-electron chi connectivity index (χ1n) is 6.61. The maximum Gasteiger partial charge on any atom is 0.127 e. The van der Waals surface area contributed by atoms with E-state index < -0.39 is 5.82 Å². The summed E-state index contributed by atoms with van der Waals surface area (Å²) in [6.07, 6.45) is 0.857. The number of benzene rings is 2. The minimum Gasteiger partial charge on any atom is -0.508 e. The van der Waals surface area contributed by atoms with Crippen molar-refractivity contribution in [1.82, 2.24) is 5.32 Å². The minimum absolute atomic E-state index is 0.0470. The molecule has 0 fully saturated rings. The fourth-order valence-electron chi connectivity index (χ4n) is 1.87. The number of hydrogen-bond acceptors (Lipinski definition) is 3. The van der Waals surface area contributed by atoms with Gasteiger partial charge in [0.05, 0.1) is 6.61 Å². The van der Waals surface area contributed by atoms with E-state index in [0.29, 0.717) is 13.2 Å². The van der Waals surface area contributed by atoms with Gasteiger partial charge in [-0.15, -0.1) is 0 Å². The van der Waals surface area contributed by atoms with Crippen molar-refractivity contribution in [2.24, 2.45) is 0 Å². The molecular weight excluding hydrogens is 257 g/mol. The minimum atomic E-state index is -0.422. The highest BCUT2D eigenvalue weighted by Gasteiger charge is 1.99. The van der Waals surface area contributed by atoms with E-state index >= 15 is 0 Å². The largest absolute Gasteiger partial charge is 0.508 e. The first-order valence-corrected chi connectivity index (χ1v) is 6.61. The standard InChI is InChI=1S/C16H18FNO2/c17-14-9-13(10-15(19)11-14)12-18-7-4-8-20-16-5-2-1-3-6-16/h1-3,5-6,9-11,18-19H,4,7-8,12H2. The summed E-state index contributed by atoms with van der Waals surface area (Å²) >= 11 is 0. The second-order valence-corrected chi connectivity index (χ2v) is 4.51. The van der Waals surface area contributed by atoms with Crippen molar-refractivity contribution in [3.63, 3.8) is 0 Å². The fourth-order valence-corrected chi connectivity index (χ4v) is 1.87. The zero-order valence-electron chi connectivity index (χ0n) is 11.2. The molecule has 4 heteroatoms. The van der Waals surface area contributed by atoms with Crippen LogP contribution in [0.15, 0.2) is 48.5 Å². The maximum atomic E-state index is 13.0. The molecule has 0 aromatic heterocycles. The van der Waals surface area contributed by atoms with Crippen LogP contribution in [0.2, 0.25) is 0 Å². The molecule has 20 heavy (non-hydrogen) atoms. The molecule has 0 saturated carbocycles. The van der Waals surface area contributed by atoms with Gasteiger partial charge in [-0.1, -0.05) is 18.2 Å². The highest BCUT2D eigenvalue weighted by molar-refractivity contribution is 5.28. The number of para-hydroxylation sites is 1. The van der Waals surface area contributed by atoms with Crippen LogP contribution in [0, 0.1) is 5.82 Å². The Hall–Kier alpha value is -2.07. The number of halogens is 1. The van der Waals surface area contributed by atoms with Crippen LogP contribution >= 0.6 is 0 Å². The van der Waals surface area contributed by atoms with Gasteiger partial charge in [-0.25, -0.2) is 4.39 Å². The van der Waals surface area contributed by atoms with Crippen molar-refractivity contribution in [1.29, 1.82) is 0 Å². The van der Waals surface area contributed by atoms with Crippen LogP contribution in [0.3, 0.4) is 0 Å². The molecule has 0 atom stereocenters. The van der Waals surface area contributed by atoms with Crippen LogP contribution in [0.1, 0.15) is 12.0 Å². The molecule has 2 rings (SSSR count). The molecule has 2 N–H and O–H groups in total. The third-order valence-corrected chi connectivity index (χ3v) is 2.78. The first-order chi connectivity index (χ1) is 9.74. The molecule has 0 aliphatic rings. The average molecular weight is 275 g/mol. The number of rotatable bonds is 7. The molecule has 0 saturated heterocycles. The molecule has 0 aliphatic carbocycles. The SMILES string of the molecule is Oc1cc(F)cc(CNCCCOc2ccccc2)c1. The molecule has 0 bridgehead atoms. The van der Waals surface area contributed by atoms with Crippen molar-refractivity contribution in [3.8, 4) is 11.5 Å². The normalized spacial score (nSPS) is 10.4. The van der Waals surface area contributed by atoms with Crippen molar-refractivity contribution in [2.45, 2.75) is 13.0 Å². The van der Waals surface area contributed by atoms with Crippen LogP contribution in [-0.2, 0) is 6.54 Å². The van der Waals surface area contributed by atoms with Gasteiger partial charge in [0.2, 0.25) is 0 Å². The topological polar surface area (TPSA) is 41.5 Å². The highest BCUT2D eigenvalue weighted by atomic mass is 19.1. The lowest BCUT2D eigenvalue weighted by molar-refractivity contribution is 0.308. The van der Waals surface area contributed by atoms with Gasteiger partial charge in [-0.05, 0) is 42.8 Å². The fraction of sp³-hybridized carbons (Fsp3) is 0.250. The van der Waals surface area contributed by atoms with E-state index in [-0.39, 0.29) is 5.75 Å². The molecule has 0 aliphatic heterocycles. The molecule has 0 spiro atoms. The molecule has 0 unspecified atom stereocenters. The zero-order chi connectivity index (χ0) is 14.2. The third kappa shape index (κ3) is 4.90. The summed E-state index contributed by atoms with van der Waals surface area (Å²) in [4.78, 5) is 0. The molecule has 0 amide bonds. The predicted octanol–water partition coefficient (Wildman–Crippen LogP) is 3.09. The Morgan fingerprint density at radius 3 is 2.65 bits per heavy atom. The van der Waals surface area contributed by atoms with Gasteiger partial charge in [-0.3, -0.25) is 0 Å². The Balaban J connectivity index is 1.62. The number of aromatic hydroxyl groups is 1. The van der Waals surface area contributed by atoms with E-state index in [1.165, 1.54) is 6.07 Å². The van der Waals surface area contributed by atoms with Crippen molar-refractivity contribution >= 4 is 0 Å². The number of phenols is 1. The summed E-state index contributed by atoms with van der Waals surface area (Å²) in [5, 5.41) is 12.5. The van der Waals surface area contributed by atoms with E-state index in [1.54, 1.807) is 6.07 Å². The molecule has 0 heterocycles. The summed E-state index contributed by atoms with van der Waals surface area (Å²) in [6.45, 7) is 1.92. The molecule has 3 nitrogen and oxygen atoms in total. The monoisotopic (exact) mass is 275 g/mol. The molecule has 0 radical (unpaired) electrons. The summed E-state index contributed by atoms with van der Waals surface area (Å²) in [5.41, 5.74) is 0.728. The Bertz CT molecular complexity index is 511. The number of phenolic OH excluding ortho intramolecular Hbond substituents is 1. The van der Waals surface area contributed by atoms with Gasteiger partial charge in [0.1, 0.15) is 17.3 Å². The third-order valence-electron chi connectivity index (χ3n) is 2.78. The lowest BCUT2D eigenvalue weighted by Crippen LogP contribution is -2.17. The quantitative estimate of drug-likeness (QED) is 0.763. The first kappa shape index (κ1) is 14.3. The van der Waals surface area contributed by atoms with Crippen molar-refractivity contribution in [2.75, 3.05) is 13.2 Å². The van der Waals surface area contributed by atoms with Gasteiger partial charge in [0.25, 0.3) is 0 Å². The Morgan fingerprint density at radius 1 is 1.10 bits per heavy atom. The van der Waals surface area contributed by atoms with Crippen LogP contribution in [0.25, 0.3) is 0 Å². The van der Waals surface area contributed by atoms with Gasteiger partial charge in [0.15, 0.2) is 0 Å². The van der Waals surface area contributed by atoms with Crippen LogP contribution < -0.4 is 10.1 Å².